The zero-order chi connectivity index (χ0) is 12.5. The second-order valence-electron chi connectivity index (χ2n) is 4.27. The van der Waals surface area contributed by atoms with Crippen molar-refractivity contribution < 1.29 is 0 Å². The number of nitrogens with one attached hydrogen (secondary N) is 1. The molecule has 0 saturated carbocycles. The van der Waals surface area contributed by atoms with E-state index in [1.807, 2.05) is 11.8 Å². The normalized spacial score (nSPS) is 16.1. The summed E-state index contributed by atoms with van der Waals surface area (Å²) in [6.45, 7) is 1.85. The van der Waals surface area contributed by atoms with E-state index >= 15 is 0 Å². The maximum absolute atomic E-state index is 12.0. The van der Waals surface area contributed by atoms with Gasteiger partial charge >= 0.3 is 0 Å². The van der Waals surface area contributed by atoms with Gasteiger partial charge in [0.2, 0.25) is 5.95 Å². The summed E-state index contributed by atoms with van der Waals surface area (Å²) >= 11 is 1.93. The Bertz CT molecular complexity index is 634. The highest BCUT2D eigenvalue weighted by atomic mass is 32.2. The van der Waals surface area contributed by atoms with Crippen molar-refractivity contribution in [3.63, 3.8) is 0 Å². The molecule has 0 bridgehead atoms. The lowest BCUT2D eigenvalue weighted by atomic mass is 10.2. The van der Waals surface area contributed by atoms with Crippen LogP contribution in [-0.4, -0.2) is 34.6 Å². The first-order chi connectivity index (χ1) is 8.74. The number of hydrogen-bond acceptors (Lipinski definition) is 5. The van der Waals surface area contributed by atoms with E-state index in [9.17, 15) is 4.79 Å². The van der Waals surface area contributed by atoms with Crippen LogP contribution >= 0.6 is 11.8 Å². The predicted octanol–water partition coefficient (Wildman–Crippen LogP) is 1.06. The van der Waals surface area contributed by atoms with Gasteiger partial charge in [0.1, 0.15) is 0 Å². The summed E-state index contributed by atoms with van der Waals surface area (Å²) in [5.41, 5.74) is 6.83. The molecule has 3 rings (SSSR count). The molecule has 2 aromatic rings. The van der Waals surface area contributed by atoms with Crippen LogP contribution in [0.1, 0.15) is 0 Å². The average Bonchev–Trinajstić information content (AvgIpc) is 2.40. The number of H-pyrrole nitrogens is 1. The Morgan fingerprint density at radius 3 is 2.89 bits per heavy atom. The van der Waals surface area contributed by atoms with Crippen molar-refractivity contribution in [2.24, 2.45) is 0 Å². The molecule has 6 heteroatoms. The molecule has 1 aromatic heterocycles. The molecule has 0 unspecified atom stereocenters. The van der Waals surface area contributed by atoms with Gasteiger partial charge in [0.05, 0.1) is 10.9 Å². The number of fused-ring (bicyclic) bond motifs is 1. The highest BCUT2D eigenvalue weighted by Gasteiger charge is 2.14. The van der Waals surface area contributed by atoms with Crippen LogP contribution in [0, 0.1) is 0 Å². The van der Waals surface area contributed by atoms with Gasteiger partial charge in [0.25, 0.3) is 5.56 Å². The molecule has 94 valence electrons. The van der Waals surface area contributed by atoms with Gasteiger partial charge in [0.15, 0.2) is 0 Å². The molecule has 0 amide bonds. The van der Waals surface area contributed by atoms with Crippen molar-refractivity contribution >= 4 is 34.3 Å². The molecular weight excluding hydrogens is 248 g/mol. The van der Waals surface area contributed by atoms with Crippen molar-refractivity contribution in [1.29, 1.82) is 0 Å². The third-order valence-corrected chi connectivity index (χ3v) is 3.97. The van der Waals surface area contributed by atoms with Crippen molar-refractivity contribution in [2.75, 3.05) is 35.2 Å². The first-order valence-corrected chi connectivity index (χ1v) is 7.02. The smallest absolute Gasteiger partial charge is 0.260 e. The molecule has 3 N–H and O–H groups in total. The lowest BCUT2D eigenvalue weighted by Crippen LogP contribution is -2.35. The molecule has 1 fully saturated rings. The Labute approximate surface area is 108 Å². The van der Waals surface area contributed by atoms with Gasteiger partial charge in [-0.05, 0) is 18.2 Å². The average molecular weight is 262 g/mol. The molecule has 0 spiro atoms. The summed E-state index contributed by atoms with van der Waals surface area (Å²) in [4.78, 5) is 21.5. The van der Waals surface area contributed by atoms with Crippen LogP contribution in [0.25, 0.3) is 10.9 Å². The highest BCUT2D eigenvalue weighted by molar-refractivity contribution is 7.99. The molecule has 18 heavy (non-hydrogen) atoms. The summed E-state index contributed by atoms with van der Waals surface area (Å²) in [7, 11) is 0. The molecule has 0 atom stereocenters. The highest BCUT2D eigenvalue weighted by Crippen LogP contribution is 2.17. The molecule has 0 aliphatic carbocycles. The monoisotopic (exact) mass is 262 g/mol. The number of nitrogens with zero attached hydrogens (tertiary/aromatic N) is 2. The minimum atomic E-state index is -0.125. The molecule has 1 aromatic carbocycles. The molecule has 0 radical (unpaired) electrons. The van der Waals surface area contributed by atoms with E-state index in [-0.39, 0.29) is 5.56 Å². The van der Waals surface area contributed by atoms with Crippen molar-refractivity contribution in [3.05, 3.63) is 28.6 Å². The maximum Gasteiger partial charge on any atom is 0.260 e. The molecule has 2 heterocycles. The zero-order valence-corrected chi connectivity index (χ0v) is 10.7. The van der Waals surface area contributed by atoms with Crippen LogP contribution in [0.3, 0.4) is 0 Å². The summed E-state index contributed by atoms with van der Waals surface area (Å²) in [5.74, 6) is 2.81. The fourth-order valence-corrected chi connectivity index (χ4v) is 2.97. The van der Waals surface area contributed by atoms with E-state index in [4.69, 9.17) is 5.73 Å². The van der Waals surface area contributed by atoms with Crippen LogP contribution in [0.4, 0.5) is 11.6 Å². The van der Waals surface area contributed by atoms with Gasteiger partial charge in [-0.2, -0.15) is 11.8 Å². The molecular formula is C12H14N4OS. The number of thioether (sulfide) groups is 1. The number of nitrogen functional groups attached to an aromatic ring is 1. The van der Waals surface area contributed by atoms with Gasteiger partial charge < -0.3 is 10.6 Å². The Morgan fingerprint density at radius 1 is 1.33 bits per heavy atom. The number of nitrogens with two attached hydrogens (primary N) is 1. The van der Waals surface area contributed by atoms with Crippen LogP contribution in [0.15, 0.2) is 23.0 Å². The van der Waals surface area contributed by atoms with Gasteiger partial charge in [-0.15, -0.1) is 0 Å². The van der Waals surface area contributed by atoms with E-state index in [1.54, 1.807) is 18.2 Å². The Balaban J connectivity index is 2.09. The Hall–Kier alpha value is -1.69. The molecule has 1 aliphatic rings. The van der Waals surface area contributed by atoms with Crippen molar-refractivity contribution in [3.8, 4) is 0 Å². The first kappa shape index (κ1) is 11.4. The van der Waals surface area contributed by atoms with Crippen LogP contribution in [0.5, 0.6) is 0 Å². The largest absolute Gasteiger partial charge is 0.399 e. The molecule has 1 aliphatic heterocycles. The second-order valence-corrected chi connectivity index (χ2v) is 5.49. The van der Waals surface area contributed by atoms with Gasteiger partial charge in [0, 0.05) is 30.3 Å². The summed E-state index contributed by atoms with van der Waals surface area (Å²) in [6, 6.07) is 5.23. The fraction of sp³-hybridized carbons (Fsp3) is 0.333. The van der Waals surface area contributed by atoms with Gasteiger partial charge in [-0.3, -0.25) is 9.78 Å². The molecule has 1 saturated heterocycles. The minimum absolute atomic E-state index is 0.125. The Morgan fingerprint density at radius 2 is 2.11 bits per heavy atom. The fourth-order valence-electron chi connectivity index (χ4n) is 2.07. The van der Waals surface area contributed by atoms with E-state index < -0.39 is 0 Å². The third-order valence-electron chi connectivity index (χ3n) is 3.03. The lowest BCUT2D eigenvalue weighted by molar-refractivity contribution is 0.817. The third kappa shape index (κ3) is 2.03. The van der Waals surface area contributed by atoms with Gasteiger partial charge in [-0.25, -0.2) is 4.98 Å². The predicted molar refractivity (Wildman–Crippen MR) is 76.3 cm³/mol. The van der Waals surface area contributed by atoms with Crippen molar-refractivity contribution in [2.45, 2.75) is 0 Å². The summed E-state index contributed by atoms with van der Waals surface area (Å²) < 4.78 is 0. The number of aromatic nitrogens is 2. The van der Waals surface area contributed by atoms with Crippen LogP contribution in [0.2, 0.25) is 0 Å². The number of rotatable bonds is 1. The first-order valence-electron chi connectivity index (χ1n) is 5.86. The van der Waals surface area contributed by atoms with E-state index in [2.05, 4.69) is 14.9 Å². The number of aromatic amines is 1. The SMILES string of the molecule is Nc1ccc2nc(N3CCSCC3)[nH]c(=O)c2c1. The topological polar surface area (TPSA) is 75.0 Å². The van der Waals surface area contributed by atoms with E-state index in [0.29, 0.717) is 22.5 Å². The van der Waals surface area contributed by atoms with Crippen molar-refractivity contribution in [1.82, 2.24) is 9.97 Å². The van der Waals surface area contributed by atoms with Gasteiger partial charge in [-0.1, -0.05) is 0 Å². The summed E-state index contributed by atoms with van der Waals surface area (Å²) in [5, 5.41) is 0.546. The molecule has 5 nitrogen and oxygen atoms in total. The minimum Gasteiger partial charge on any atom is -0.399 e. The van der Waals surface area contributed by atoms with Crippen LogP contribution in [-0.2, 0) is 0 Å². The maximum atomic E-state index is 12.0. The number of hydrogen-bond donors (Lipinski definition) is 2. The standard InChI is InChI=1S/C12H14N4OS/c13-8-1-2-10-9(7-8)11(17)15-12(14-10)16-3-5-18-6-4-16/h1-2,7H,3-6,13H2,(H,14,15,17). The quantitative estimate of drug-likeness (QED) is 0.752. The second kappa shape index (κ2) is 4.53. The van der Waals surface area contributed by atoms with Crippen LogP contribution < -0.4 is 16.2 Å². The van der Waals surface area contributed by atoms with E-state index in [1.165, 1.54) is 0 Å². The van der Waals surface area contributed by atoms with E-state index in [0.717, 1.165) is 24.6 Å². The summed E-state index contributed by atoms with van der Waals surface area (Å²) in [6.07, 6.45) is 0. The lowest BCUT2D eigenvalue weighted by Gasteiger charge is -2.26. The zero-order valence-electron chi connectivity index (χ0n) is 9.85. The number of anilines is 2. The Kier molecular flexibility index (Phi) is 2.87. The number of benzene rings is 1.